The van der Waals surface area contributed by atoms with E-state index in [0.717, 1.165) is 20.1 Å². The van der Waals surface area contributed by atoms with Gasteiger partial charge in [0.05, 0.1) is 11.1 Å². The van der Waals surface area contributed by atoms with Gasteiger partial charge >= 0.3 is 0 Å². The molecule has 1 atom stereocenters. The van der Waals surface area contributed by atoms with Crippen LogP contribution >= 0.6 is 38.9 Å². The normalized spacial score (nSPS) is 12.7. The van der Waals surface area contributed by atoms with Crippen molar-refractivity contribution in [3.63, 3.8) is 0 Å². The van der Waals surface area contributed by atoms with Crippen LogP contribution in [0.15, 0.2) is 22.7 Å². The molecule has 2 rings (SSSR count). The van der Waals surface area contributed by atoms with E-state index in [1.54, 1.807) is 11.3 Å². The molecular formula is C11H11BrClN3S. The number of aromatic nitrogens is 2. The Balaban J connectivity index is 2.40. The second kappa shape index (κ2) is 5.44. The quantitative estimate of drug-likeness (QED) is 0.926. The van der Waals surface area contributed by atoms with Crippen molar-refractivity contribution in [2.75, 3.05) is 7.05 Å². The van der Waals surface area contributed by atoms with Crippen molar-refractivity contribution in [1.82, 2.24) is 15.5 Å². The van der Waals surface area contributed by atoms with E-state index in [-0.39, 0.29) is 6.04 Å². The van der Waals surface area contributed by atoms with Crippen molar-refractivity contribution >= 4 is 38.9 Å². The Morgan fingerprint density at radius 3 is 2.88 bits per heavy atom. The van der Waals surface area contributed by atoms with Crippen LogP contribution in [0.25, 0.3) is 10.6 Å². The third kappa shape index (κ3) is 2.68. The summed E-state index contributed by atoms with van der Waals surface area (Å²) in [4.78, 5) is 0. The van der Waals surface area contributed by atoms with Gasteiger partial charge in [-0.1, -0.05) is 35.1 Å². The van der Waals surface area contributed by atoms with Crippen molar-refractivity contribution < 1.29 is 0 Å². The molecule has 6 heteroatoms. The monoisotopic (exact) mass is 331 g/mol. The predicted octanol–water partition coefficient (Wildman–Crippen LogP) is 3.90. The molecule has 0 spiro atoms. The minimum absolute atomic E-state index is 0.201. The van der Waals surface area contributed by atoms with E-state index in [1.165, 1.54) is 0 Å². The van der Waals surface area contributed by atoms with E-state index in [1.807, 2.05) is 32.2 Å². The first-order chi connectivity index (χ1) is 8.13. The Kier molecular flexibility index (Phi) is 4.14. The first-order valence-corrected chi connectivity index (χ1v) is 7.07. The van der Waals surface area contributed by atoms with Gasteiger partial charge in [-0.3, -0.25) is 0 Å². The molecule has 90 valence electrons. The summed E-state index contributed by atoms with van der Waals surface area (Å²) < 4.78 is 0.870. The molecule has 0 saturated heterocycles. The van der Waals surface area contributed by atoms with Crippen LogP contribution in [0.4, 0.5) is 0 Å². The van der Waals surface area contributed by atoms with Crippen LogP contribution in [0.1, 0.15) is 18.0 Å². The lowest BCUT2D eigenvalue weighted by Crippen LogP contribution is -2.11. The number of hydrogen-bond donors (Lipinski definition) is 1. The Labute approximate surface area is 117 Å². The molecule has 17 heavy (non-hydrogen) atoms. The molecule has 0 saturated carbocycles. The maximum absolute atomic E-state index is 6.23. The average molecular weight is 333 g/mol. The fourth-order valence-electron chi connectivity index (χ4n) is 1.31. The fourth-order valence-corrected chi connectivity index (χ4v) is 2.88. The summed E-state index contributed by atoms with van der Waals surface area (Å²) in [7, 11) is 1.90. The average Bonchev–Trinajstić information content (AvgIpc) is 2.81. The van der Waals surface area contributed by atoms with Gasteiger partial charge < -0.3 is 5.32 Å². The van der Waals surface area contributed by atoms with Crippen LogP contribution in [0.5, 0.6) is 0 Å². The van der Waals surface area contributed by atoms with Crippen molar-refractivity contribution in [2.45, 2.75) is 13.0 Å². The first kappa shape index (κ1) is 13.0. The molecule has 1 unspecified atom stereocenters. The maximum atomic E-state index is 6.23. The molecule has 0 amide bonds. The summed E-state index contributed by atoms with van der Waals surface area (Å²) in [5, 5.41) is 14.0. The number of nitrogens with one attached hydrogen (secondary N) is 1. The van der Waals surface area contributed by atoms with E-state index in [2.05, 4.69) is 31.4 Å². The number of halogens is 2. The number of nitrogens with zero attached hydrogens (tertiary/aromatic N) is 2. The van der Waals surface area contributed by atoms with E-state index in [9.17, 15) is 0 Å². The zero-order chi connectivity index (χ0) is 12.4. The van der Waals surface area contributed by atoms with Crippen LogP contribution in [-0.2, 0) is 0 Å². The topological polar surface area (TPSA) is 37.8 Å². The summed E-state index contributed by atoms with van der Waals surface area (Å²) >= 11 is 11.2. The van der Waals surface area contributed by atoms with Crippen LogP contribution in [-0.4, -0.2) is 17.2 Å². The third-order valence-corrected chi connectivity index (χ3v) is 4.86. The molecule has 1 aromatic carbocycles. The molecule has 0 bridgehead atoms. The summed E-state index contributed by atoms with van der Waals surface area (Å²) in [6, 6.07) is 5.99. The number of rotatable bonds is 3. The molecule has 3 nitrogen and oxygen atoms in total. The SMILES string of the molecule is CNC(C)c1nnc(-c2cccc(Br)c2Cl)s1. The van der Waals surface area contributed by atoms with Crippen LogP contribution in [0, 0.1) is 0 Å². The number of benzene rings is 1. The summed E-state index contributed by atoms with van der Waals surface area (Å²) in [5.41, 5.74) is 0.910. The van der Waals surface area contributed by atoms with Crippen LogP contribution in [0.3, 0.4) is 0 Å². The molecule has 0 fully saturated rings. The lowest BCUT2D eigenvalue weighted by molar-refractivity contribution is 0.640. The smallest absolute Gasteiger partial charge is 0.149 e. The Hall–Kier alpha value is -0.490. The van der Waals surface area contributed by atoms with Gasteiger partial charge in [0.15, 0.2) is 0 Å². The predicted molar refractivity (Wildman–Crippen MR) is 75.5 cm³/mol. The van der Waals surface area contributed by atoms with Gasteiger partial charge in [0.2, 0.25) is 0 Å². The second-order valence-corrected chi connectivity index (χ2v) is 5.80. The van der Waals surface area contributed by atoms with Crippen LogP contribution in [0.2, 0.25) is 5.02 Å². The molecule has 0 aliphatic heterocycles. The lowest BCUT2D eigenvalue weighted by Gasteiger charge is -2.03. The Morgan fingerprint density at radius 2 is 2.18 bits per heavy atom. The zero-order valence-electron chi connectivity index (χ0n) is 9.37. The van der Waals surface area contributed by atoms with Gasteiger partial charge in [-0.25, -0.2) is 0 Å². The van der Waals surface area contributed by atoms with Gasteiger partial charge in [-0.15, -0.1) is 10.2 Å². The van der Waals surface area contributed by atoms with Crippen molar-refractivity contribution in [3.05, 3.63) is 32.7 Å². The highest BCUT2D eigenvalue weighted by Crippen LogP contribution is 2.35. The summed E-state index contributed by atoms with van der Waals surface area (Å²) in [5.74, 6) is 0. The Bertz CT molecular complexity index is 529. The Morgan fingerprint density at radius 1 is 1.41 bits per heavy atom. The lowest BCUT2D eigenvalue weighted by atomic mass is 10.2. The highest BCUT2D eigenvalue weighted by atomic mass is 79.9. The molecule has 0 aliphatic rings. The molecule has 2 aromatic rings. The molecular weight excluding hydrogens is 322 g/mol. The molecule has 0 aliphatic carbocycles. The summed E-state index contributed by atoms with van der Waals surface area (Å²) in [6.45, 7) is 2.05. The van der Waals surface area contributed by atoms with Gasteiger partial charge in [0.1, 0.15) is 10.0 Å². The van der Waals surface area contributed by atoms with Crippen molar-refractivity contribution in [3.8, 4) is 10.6 Å². The number of hydrogen-bond acceptors (Lipinski definition) is 4. The van der Waals surface area contributed by atoms with Crippen LogP contribution < -0.4 is 5.32 Å². The van der Waals surface area contributed by atoms with Gasteiger partial charge in [0.25, 0.3) is 0 Å². The minimum Gasteiger partial charge on any atom is -0.311 e. The largest absolute Gasteiger partial charge is 0.311 e. The standard InChI is InChI=1S/C11H11BrClN3S/c1-6(14-2)10-15-16-11(17-10)7-4-3-5-8(12)9(7)13/h3-6,14H,1-2H3. The highest BCUT2D eigenvalue weighted by Gasteiger charge is 2.14. The summed E-state index contributed by atoms with van der Waals surface area (Å²) in [6.07, 6.45) is 0. The first-order valence-electron chi connectivity index (χ1n) is 5.08. The molecule has 1 N–H and O–H groups in total. The molecule has 1 heterocycles. The van der Waals surface area contributed by atoms with E-state index < -0.39 is 0 Å². The molecule has 1 aromatic heterocycles. The minimum atomic E-state index is 0.201. The van der Waals surface area contributed by atoms with E-state index in [0.29, 0.717) is 5.02 Å². The third-order valence-electron chi connectivity index (χ3n) is 2.43. The van der Waals surface area contributed by atoms with E-state index >= 15 is 0 Å². The van der Waals surface area contributed by atoms with E-state index in [4.69, 9.17) is 11.6 Å². The second-order valence-electron chi connectivity index (χ2n) is 3.56. The fraction of sp³-hybridized carbons (Fsp3) is 0.273. The van der Waals surface area contributed by atoms with Crippen molar-refractivity contribution in [1.29, 1.82) is 0 Å². The zero-order valence-corrected chi connectivity index (χ0v) is 12.5. The van der Waals surface area contributed by atoms with Gasteiger partial charge in [-0.2, -0.15) is 0 Å². The highest BCUT2D eigenvalue weighted by molar-refractivity contribution is 9.10. The van der Waals surface area contributed by atoms with Gasteiger partial charge in [0, 0.05) is 10.0 Å². The van der Waals surface area contributed by atoms with Gasteiger partial charge in [-0.05, 0) is 36.0 Å². The maximum Gasteiger partial charge on any atom is 0.149 e. The molecule has 0 radical (unpaired) electrons. The van der Waals surface area contributed by atoms with Crippen molar-refractivity contribution in [2.24, 2.45) is 0 Å².